The monoisotopic (exact) mass is 268 g/mol. The van der Waals surface area contributed by atoms with Crippen LogP contribution in [0.25, 0.3) is 10.9 Å². The van der Waals surface area contributed by atoms with Crippen LogP contribution in [0.3, 0.4) is 0 Å². The van der Waals surface area contributed by atoms with E-state index in [0.29, 0.717) is 6.54 Å². The van der Waals surface area contributed by atoms with Gasteiger partial charge in [0.15, 0.2) is 0 Å². The van der Waals surface area contributed by atoms with Crippen molar-refractivity contribution in [2.45, 2.75) is 33.5 Å². The van der Waals surface area contributed by atoms with Crippen LogP contribution in [0.4, 0.5) is 0 Å². The van der Waals surface area contributed by atoms with Crippen LogP contribution in [0.2, 0.25) is 0 Å². The van der Waals surface area contributed by atoms with Gasteiger partial charge in [0.1, 0.15) is 0 Å². The first-order chi connectivity index (χ1) is 9.72. The van der Waals surface area contributed by atoms with E-state index in [1.54, 1.807) is 0 Å². The Morgan fingerprint density at radius 2 is 2.05 bits per heavy atom. The van der Waals surface area contributed by atoms with E-state index in [4.69, 9.17) is 5.73 Å². The Kier molecular flexibility index (Phi) is 3.32. The molecule has 104 valence electrons. The highest BCUT2D eigenvalue weighted by Crippen LogP contribution is 2.22. The zero-order valence-electron chi connectivity index (χ0n) is 12.0. The van der Waals surface area contributed by atoms with Gasteiger partial charge in [-0.3, -0.25) is 4.68 Å². The van der Waals surface area contributed by atoms with Gasteiger partial charge in [0.25, 0.3) is 0 Å². The summed E-state index contributed by atoms with van der Waals surface area (Å²) < 4.78 is 4.33. The van der Waals surface area contributed by atoms with Crippen LogP contribution in [0, 0.1) is 6.92 Å². The summed E-state index contributed by atoms with van der Waals surface area (Å²) in [5, 5.41) is 5.76. The third-order valence-corrected chi connectivity index (χ3v) is 3.71. The number of aromatic nitrogens is 3. The van der Waals surface area contributed by atoms with Crippen molar-refractivity contribution in [2.75, 3.05) is 0 Å². The summed E-state index contributed by atoms with van der Waals surface area (Å²) in [6.45, 7) is 6.45. The lowest BCUT2D eigenvalue weighted by Crippen LogP contribution is -2.07. The molecule has 0 saturated carbocycles. The summed E-state index contributed by atoms with van der Waals surface area (Å²) in [6, 6.07) is 10.6. The van der Waals surface area contributed by atoms with Gasteiger partial charge in [0.2, 0.25) is 0 Å². The summed E-state index contributed by atoms with van der Waals surface area (Å²) in [5.74, 6) is 0. The molecule has 0 radical (unpaired) electrons. The van der Waals surface area contributed by atoms with Crippen molar-refractivity contribution < 1.29 is 0 Å². The second-order valence-corrected chi connectivity index (χ2v) is 5.10. The molecule has 2 N–H and O–H groups in total. The van der Waals surface area contributed by atoms with Crippen molar-refractivity contribution in [1.82, 2.24) is 14.3 Å². The molecule has 0 amide bonds. The average Bonchev–Trinajstić information content (AvgIpc) is 3.00. The first-order valence-corrected chi connectivity index (χ1v) is 7.03. The van der Waals surface area contributed by atoms with Gasteiger partial charge in [0, 0.05) is 30.2 Å². The number of nitrogens with two attached hydrogens (primary N) is 1. The Labute approximate surface area is 118 Å². The molecule has 0 aliphatic heterocycles. The van der Waals surface area contributed by atoms with Crippen molar-refractivity contribution in [2.24, 2.45) is 5.73 Å². The Bertz CT molecular complexity index is 736. The maximum Gasteiger partial charge on any atom is 0.0645 e. The molecule has 0 aliphatic rings. The molecule has 0 atom stereocenters. The highest BCUT2D eigenvalue weighted by molar-refractivity contribution is 5.84. The molecular formula is C16H20N4. The zero-order valence-corrected chi connectivity index (χ0v) is 12.0. The zero-order chi connectivity index (χ0) is 14.1. The number of para-hydroxylation sites is 1. The second kappa shape index (κ2) is 5.13. The third kappa shape index (κ3) is 2.12. The molecular weight excluding hydrogens is 248 g/mol. The highest BCUT2D eigenvalue weighted by Gasteiger charge is 2.10. The molecule has 20 heavy (non-hydrogen) atoms. The molecule has 2 aromatic heterocycles. The van der Waals surface area contributed by atoms with Crippen LogP contribution in [0.1, 0.15) is 23.9 Å². The van der Waals surface area contributed by atoms with Gasteiger partial charge < -0.3 is 10.3 Å². The summed E-state index contributed by atoms with van der Waals surface area (Å²) in [4.78, 5) is 0. The minimum Gasteiger partial charge on any atom is -0.341 e. The largest absolute Gasteiger partial charge is 0.341 e. The molecule has 0 aliphatic carbocycles. The fraction of sp³-hybridized carbons (Fsp3) is 0.312. The van der Waals surface area contributed by atoms with E-state index in [-0.39, 0.29) is 0 Å². The topological polar surface area (TPSA) is 48.8 Å². The van der Waals surface area contributed by atoms with Gasteiger partial charge in [-0.15, -0.1) is 0 Å². The molecule has 3 aromatic rings. The molecule has 0 saturated heterocycles. The molecule has 3 rings (SSSR count). The summed E-state index contributed by atoms with van der Waals surface area (Å²) >= 11 is 0. The fourth-order valence-electron chi connectivity index (χ4n) is 2.79. The summed E-state index contributed by atoms with van der Waals surface area (Å²) in [7, 11) is 0. The van der Waals surface area contributed by atoms with Crippen molar-refractivity contribution in [3.63, 3.8) is 0 Å². The molecule has 0 spiro atoms. The van der Waals surface area contributed by atoms with Gasteiger partial charge in [-0.2, -0.15) is 5.10 Å². The number of rotatable bonds is 4. The quantitative estimate of drug-likeness (QED) is 0.791. The van der Waals surface area contributed by atoms with Crippen LogP contribution in [-0.2, 0) is 19.6 Å². The maximum absolute atomic E-state index is 5.85. The third-order valence-electron chi connectivity index (χ3n) is 3.71. The van der Waals surface area contributed by atoms with Gasteiger partial charge in [-0.25, -0.2) is 0 Å². The second-order valence-electron chi connectivity index (χ2n) is 5.10. The predicted molar refractivity (Wildman–Crippen MR) is 81.6 cm³/mol. The van der Waals surface area contributed by atoms with Crippen LogP contribution in [-0.4, -0.2) is 14.3 Å². The molecule has 1 aromatic carbocycles. The average molecular weight is 268 g/mol. The number of benzene rings is 1. The van der Waals surface area contributed by atoms with E-state index >= 15 is 0 Å². The molecule has 4 heteroatoms. The van der Waals surface area contributed by atoms with Crippen molar-refractivity contribution in [3.8, 4) is 0 Å². The lowest BCUT2D eigenvalue weighted by atomic mass is 10.2. The number of aryl methyl sites for hydroxylation is 2. The highest BCUT2D eigenvalue weighted by atomic mass is 15.3. The van der Waals surface area contributed by atoms with Gasteiger partial charge in [-0.1, -0.05) is 18.2 Å². The predicted octanol–water partition coefficient (Wildman–Crippen LogP) is 2.67. The van der Waals surface area contributed by atoms with Gasteiger partial charge in [-0.05, 0) is 31.5 Å². The Morgan fingerprint density at radius 3 is 2.80 bits per heavy atom. The lowest BCUT2D eigenvalue weighted by molar-refractivity contribution is 0.601. The van der Waals surface area contributed by atoms with Crippen molar-refractivity contribution in [1.29, 1.82) is 0 Å². The molecule has 0 fully saturated rings. The van der Waals surface area contributed by atoms with E-state index in [0.717, 1.165) is 18.8 Å². The van der Waals surface area contributed by atoms with Crippen LogP contribution in [0.15, 0.2) is 36.5 Å². The Morgan fingerprint density at radius 1 is 1.25 bits per heavy atom. The molecule has 2 heterocycles. The first-order valence-electron chi connectivity index (χ1n) is 7.03. The minimum atomic E-state index is 0.569. The number of fused-ring (bicyclic) bond motifs is 1. The minimum absolute atomic E-state index is 0.569. The van der Waals surface area contributed by atoms with Gasteiger partial charge >= 0.3 is 0 Å². The van der Waals surface area contributed by atoms with E-state index < -0.39 is 0 Å². The Balaban J connectivity index is 2.06. The number of nitrogens with zero attached hydrogens (tertiary/aromatic N) is 3. The van der Waals surface area contributed by atoms with Crippen LogP contribution in [0.5, 0.6) is 0 Å². The standard InChI is InChI=1S/C16H20N4/c1-3-20-14(8-12(2)18-20)11-19-10-13(9-17)15-6-4-5-7-16(15)19/h4-8,10H,3,9,11,17H2,1-2H3. The number of hydrogen-bond donors (Lipinski definition) is 1. The van der Waals surface area contributed by atoms with Gasteiger partial charge in [0.05, 0.1) is 17.9 Å². The lowest BCUT2D eigenvalue weighted by Gasteiger charge is -2.07. The van der Waals surface area contributed by atoms with E-state index in [1.807, 2.05) is 6.92 Å². The smallest absolute Gasteiger partial charge is 0.0645 e. The molecule has 4 nitrogen and oxygen atoms in total. The van der Waals surface area contributed by atoms with E-state index in [1.165, 1.54) is 22.2 Å². The fourth-order valence-corrected chi connectivity index (χ4v) is 2.79. The molecule has 0 bridgehead atoms. The summed E-state index contributed by atoms with van der Waals surface area (Å²) in [6.07, 6.45) is 2.16. The van der Waals surface area contributed by atoms with Crippen molar-refractivity contribution in [3.05, 3.63) is 53.5 Å². The SMILES string of the molecule is CCn1nc(C)cc1Cn1cc(CN)c2ccccc21. The molecule has 0 unspecified atom stereocenters. The normalized spacial score (nSPS) is 11.3. The van der Waals surface area contributed by atoms with Crippen LogP contribution >= 0.6 is 0 Å². The van der Waals surface area contributed by atoms with E-state index in [9.17, 15) is 0 Å². The number of hydrogen-bond acceptors (Lipinski definition) is 2. The first kappa shape index (κ1) is 12.9. The summed E-state index contributed by atoms with van der Waals surface area (Å²) in [5.41, 5.74) is 10.6. The van der Waals surface area contributed by atoms with E-state index in [2.05, 4.69) is 57.8 Å². The van der Waals surface area contributed by atoms with Crippen LogP contribution < -0.4 is 5.73 Å². The maximum atomic E-state index is 5.85. The van der Waals surface area contributed by atoms with Crippen molar-refractivity contribution >= 4 is 10.9 Å². The Hall–Kier alpha value is -2.07.